The van der Waals surface area contributed by atoms with E-state index in [2.05, 4.69) is 49.2 Å². The van der Waals surface area contributed by atoms with Crippen LogP contribution >= 0.6 is 0 Å². The largest absolute Gasteiger partial charge is 0.396 e. The molecule has 1 aromatic rings. The highest BCUT2D eigenvalue weighted by Gasteiger charge is 2.62. The van der Waals surface area contributed by atoms with E-state index in [9.17, 15) is 5.11 Å². The van der Waals surface area contributed by atoms with Gasteiger partial charge in [0.05, 0.1) is 5.71 Å². The first kappa shape index (κ1) is 22.8. The molecule has 1 saturated heterocycles. The summed E-state index contributed by atoms with van der Waals surface area (Å²) in [4.78, 5) is 6.08. The highest BCUT2D eigenvalue weighted by molar-refractivity contribution is 5.92. The van der Waals surface area contributed by atoms with Gasteiger partial charge in [-0.3, -0.25) is 0 Å². The summed E-state index contributed by atoms with van der Waals surface area (Å²) in [7, 11) is 0. The van der Waals surface area contributed by atoms with E-state index in [1.54, 1.807) is 0 Å². The van der Waals surface area contributed by atoms with Crippen molar-refractivity contribution >= 4 is 5.71 Å². The van der Waals surface area contributed by atoms with Crippen LogP contribution in [-0.4, -0.2) is 36.6 Å². The van der Waals surface area contributed by atoms with Gasteiger partial charge < -0.3 is 15.3 Å². The normalized spacial score (nSPS) is 45.0. The molecule has 0 radical (unpaired) electrons. The molecule has 0 bridgehead atoms. The third kappa shape index (κ3) is 3.43. The van der Waals surface area contributed by atoms with Crippen molar-refractivity contribution in [1.82, 2.24) is 5.32 Å². The van der Waals surface area contributed by atoms with Crippen LogP contribution in [0.5, 0.6) is 0 Å². The Kier molecular flexibility index (Phi) is 5.89. The number of benzene rings is 1. The molecule has 4 nitrogen and oxygen atoms in total. The van der Waals surface area contributed by atoms with Crippen LogP contribution in [0.3, 0.4) is 0 Å². The van der Waals surface area contributed by atoms with Crippen LogP contribution in [0.25, 0.3) is 0 Å². The van der Waals surface area contributed by atoms with Gasteiger partial charge in [0.25, 0.3) is 0 Å². The van der Waals surface area contributed by atoms with E-state index < -0.39 is 0 Å². The number of hydrogen-bond acceptors (Lipinski definition) is 4. The van der Waals surface area contributed by atoms with Crippen LogP contribution in [0.15, 0.2) is 47.6 Å². The van der Waals surface area contributed by atoms with E-state index in [0.717, 1.165) is 44.2 Å². The number of nitrogens with zero attached hydrogens (tertiary/aromatic N) is 1. The van der Waals surface area contributed by atoms with E-state index in [1.165, 1.54) is 55.4 Å². The number of allylic oxidation sites excluding steroid dienone is 1. The van der Waals surface area contributed by atoms with Crippen LogP contribution in [0.4, 0.5) is 0 Å². The fraction of sp³-hybridized carbons (Fsp3) is 0.700. The molecular formula is C30H42N2O2. The average Bonchev–Trinajstić information content (AvgIpc) is 3.50. The predicted octanol–water partition coefficient (Wildman–Crippen LogP) is 5.69. The molecule has 1 aliphatic heterocycles. The molecule has 8 atom stereocenters. The zero-order valence-electron chi connectivity index (χ0n) is 20.8. The number of hydrogen-bond donors (Lipinski definition) is 2. The molecule has 1 heterocycles. The molecule has 184 valence electrons. The minimum absolute atomic E-state index is 0.00259. The van der Waals surface area contributed by atoms with Crippen molar-refractivity contribution in [2.45, 2.75) is 76.7 Å². The van der Waals surface area contributed by atoms with E-state index in [4.69, 9.17) is 9.99 Å². The summed E-state index contributed by atoms with van der Waals surface area (Å²) in [5, 5.41) is 19.4. The van der Waals surface area contributed by atoms with Crippen LogP contribution < -0.4 is 5.32 Å². The maximum atomic E-state index is 11.1. The Morgan fingerprint density at radius 2 is 1.88 bits per heavy atom. The Morgan fingerprint density at radius 1 is 1.03 bits per heavy atom. The lowest BCUT2D eigenvalue weighted by atomic mass is 9.43. The Balaban J connectivity index is 1.35. The quantitative estimate of drug-likeness (QED) is 0.447. The third-order valence-electron chi connectivity index (χ3n) is 11.1. The first-order valence-electron chi connectivity index (χ1n) is 13.8. The smallest absolute Gasteiger partial charge is 0.141 e. The molecule has 4 saturated carbocycles. The van der Waals surface area contributed by atoms with Crippen molar-refractivity contribution in [1.29, 1.82) is 0 Å². The van der Waals surface area contributed by atoms with Gasteiger partial charge in [-0.2, -0.15) is 0 Å². The van der Waals surface area contributed by atoms with Crippen LogP contribution in [0, 0.1) is 34.5 Å². The molecule has 4 aliphatic carbocycles. The first-order valence-corrected chi connectivity index (χ1v) is 13.8. The monoisotopic (exact) mass is 462 g/mol. The number of rotatable bonds is 4. The number of aliphatic hydroxyl groups is 1. The second-order valence-corrected chi connectivity index (χ2v) is 12.2. The summed E-state index contributed by atoms with van der Waals surface area (Å²) < 4.78 is 0. The van der Waals surface area contributed by atoms with Crippen LogP contribution in [-0.2, 0) is 4.84 Å². The molecule has 4 heteroatoms. The molecular weight excluding hydrogens is 420 g/mol. The summed E-state index contributed by atoms with van der Waals surface area (Å²) >= 11 is 0. The molecule has 0 amide bonds. The molecule has 0 aromatic heterocycles. The fourth-order valence-corrected chi connectivity index (χ4v) is 9.22. The highest BCUT2D eigenvalue weighted by Crippen LogP contribution is 2.68. The van der Waals surface area contributed by atoms with Crippen molar-refractivity contribution in [3.63, 3.8) is 0 Å². The minimum atomic E-state index is 0.00259. The van der Waals surface area contributed by atoms with Gasteiger partial charge in [-0.1, -0.05) is 54.6 Å². The van der Waals surface area contributed by atoms with Gasteiger partial charge >= 0.3 is 0 Å². The molecule has 0 spiro atoms. The summed E-state index contributed by atoms with van der Waals surface area (Å²) in [6, 6.07) is 11.0. The highest BCUT2D eigenvalue weighted by atomic mass is 16.6. The van der Waals surface area contributed by atoms with Crippen molar-refractivity contribution in [2.24, 2.45) is 39.7 Å². The lowest BCUT2D eigenvalue weighted by Crippen LogP contribution is -2.57. The number of oxime groups is 1. The van der Waals surface area contributed by atoms with Crippen molar-refractivity contribution in [3.05, 3.63) is 48.0 Å². The van der Waals surface area contributed by atoms with Gasteiger partial charge in [0.15, 0.2) is 0 Å². The zero-order valence-corrected chi connectivity index (χ0v) is 20.8. The van der Waals surface area contributed by atoms with Gasteiger partial charge in [-0.15, -0.1) is 0 Å². The second kappa shape index (κ2) is 8.78. The summed E-state index contributed by atoms with van der Waals surface area (Å²) in [6.45, 7) is 9.22. The van der Waals surface area contributed by atoms with Gasteiger partial charge in [0.1, 0.15) is 6.10 Å². The Morgan fingerprint density at radius 3 is 2.65 bits per heavy atom. The lowest BCUT2D eigenvalue weighted by molar-refractivity contribution is -0.124. The fourth-order valence-electron chi connectivity index (χ4n) is 9.22. The number of nitrogens with one attached hydrogen (secondary N) is 1. The Labute approximate surface area is 205 Å². The molecule has 6 unspecified atom stereocenters. The molecule has 34 heavy (non-hydrogen) atoms. The topological polar surface area (TPSA) is 53.8 Å². The molecule has 5 aliphatic rings. The van der Waals surface area contributed by atoms with Crippen LogP contribution in [0.2, 0.25) is 0 Å². The molecule has 2 N–H and O–H groups in total. The van der Waals surface area contributed by atoms with Crippen molar-refractivity contribution < 1.29 is 9.94 Å². The summed E-state index contributed by atoms with van der Waals surface area (Å²) in [6.07, 6.45) is 10.7. The van der Waals surface area contributed by atoms with E-state index in [0.29, 0.717) is 23.9 Å². The lowest BCUT2D eigenvalue weighted by Gasteiger charge is -2.62. The molecule has 6 rings (SSSR count). The average molecular weight is 463 g/mol. The molecule has 1 aromatic carbocycles. The standard InChI is InChI=1S/C30H42N2O2/c1-20-8-10-24-23-9-11-26-28(21-6-4-3-5-7-21)27(32-34-22-14-17-31-18-22)13-16-30(26,19-33)25(23)12-15-29(20,24)2/h3-7,22-26,28,31,33H,1,8-19H2,2H3/t22?,23?,24?,25?,26?,28?,29-,30+/m1/s1. The van der Waals surface area contributed by atoms with Gasteiger partial charge in [0.2, 0.25) is 0 Å². The Bertz CT molecular complexity index is 938. The summed E-state index contributed by atoms with van der Waals surface area (Å²) in [5.41, 5.74) is 4.39. The van der Waals surface area contributed by atoms with Gasteiger partial charge in [-0.25, -0.2) is 0 Å². The molecule has 5 fully saturated rings. The minimum Gasteiger partial charge on any atom is -0.396 e. The zero-order chi connectivity index (χ0) is 23.3. The SMILES string of the molecule is C=C1CCC2C3CCC4C(c5ccccc5)C(=NOC5CCNC5)CC[C@]4(CO)C3CC[C@]12C. The maximum absolute atomic E-state index is 11.1. The van der Waals surface area contributed by atoms with Crippen molar-refractivity contribution in [2.75, 3.05) is 19.7 Å². The third-order valence-corrected chi connectivity index (χ3v) is 11.1. The number of fused-ring (bicyclic) bond motifs is 5. The Hall–Kier alpha value is -1.65. The van der Waals surface area contributed by atoms with Gasteiger partial charge in [0, 0.05) is 30.9 Å². The summed E-state index contributed by atoms with van der Waals surface area (Å²) in [5.74, 6) is 2.80. The van der Waals surface area contributed by atoms with Crippen molar-refractivity contribution in [3.8, 4) is 0 Å². The van der Waals surface area contributed by atoms with Crippen LogP contribution in [0.1, 0.15) is 76.2 Å². The van der Waals surface area contributed by atoms with E-state index in [-0.39, 0.29) is 17.4 Å². The number of aliphatic hydroxyl groups excluding tert-OH is 1. The first-order chi connectivity index (χ1) is 16.6. The van der Waals surface area contributed by atoms with Gasteiger partial charge in [-0.05, 0) is 92.6 Å². The predicted molar refractivity (Wildman–Crippen MR) is 137 cm³/mol. The van der Waals surface area contributed by atoms with E-state index >= 15 is 0 Å². The van der Waals surface area contributed by atoms with E-state index in [1.807, 2.05) is 0 Å². The maximum Gasteiger partial charge on any atom is 0.141 e. The second-order valence-electron chi connectivity index (χ2n) is 12.2.